The van der Waals surface area contributed by atoms with Crippen LogP contribution in [0.15, 0.2) is 63.8 Å². The molecule has 0 fully saturated rings. The van der Waals surface area contributed by atoms with Crippen molar-refractivity contribution < 1.29 is 13.2 Å². The van der Waals surface area contributed by atoms with Crippen LogP contribution in [0.4, 0.5) is 10.8 Å². The van der Waals surface area contributed by atoms with Crippen LogP contribution in [-0.2, 0) is 14.8 Å². The van der Waals surface area contributed by atoms with Crippen LogP contribution in [0.3, 0.4) is 0 Å². The summed E-state index contributed by atoms with van der Waals surface area (Å²) < 4.78 is 28.3. The zero-order valence-electron chi connectivity index (χ0n) is 16.9. The van der Waals surface area contributed by atoms with E-state index in [1.807, 2.05) is 0 Å². The van der Waals surface area contributed by atoms with Crippen LogP contribution >= 0.6 is 34.7 Å². The topological polar surface area (TPSA) is 92.3 Å². The Balaban J connectivity index is 1.81. The lowest BCUT2D eigenvalue weighted by molar-refractivity contribution is -0.114. The van der Waals surface area contributed by atoms with Crippen LogP contribution < -0.4 is 9.62 Å². The van der Waals surface area contributed by atoms with Crippen molar-refractivity contribution in [3.63, 3.8) is 0 Å². The minimum absolute atomic E-state index is 0.0751. The number of rotatable bonds is 9. The van der Waals surface area contributed by atoms with Gasteiger partial charge in [-0.1, -0.05) is 72.8 Å². The fourth-order valence-electron chi connectivity index (χ4n) is 2.51. The molecule has 3 aromatic rings. The summed E-state index contributed by atoms with van der Waals surface area (Å²) in [4.78, 5) is 12.8. The molecule has 1 N–H and O–H groups in total. The molecule has 0 aliphatic heterocycles. The highest BCUT2D eigenvalue weighted by molar-refractivity contribution is 8.01. The third-order valence-corrected chi connectivity index (χ3v) is 8.33. The summed E-state index contributed by atoms with van der Waals surface area (Å²) in [5, 5.41) is 11.4. The number of carbonyl (C=O) groups excluding carboxylic acids is 1. The highest BCUT2D eigenvalue weighted by Crippen LogP contribution is 2.28. The molecule has 1 aromatic heterocycles. The Morgan fingerprint density at radius 1 is 1.16 bits per heavy atom. The number of anilines is 2. The van der Waals surface area contributed by atoms with E-state index in [9.17, 15) is 13.2 Å². The maximum absolute atomic E-state index is 13.3. The number of benzene rings is 2. The van der Waals surface area contributed by atoms with Gasteiger partial charge in [0, 0.05) is 10.8 Å². The Labute approximate surface area is 194 Å². The van der Waals surface area contributed by atoms with Gasteiger partial charge in [0.05, 0.1) is 10.6 Å². The summed E-state index contributed by atoms with van der Waals surface area (Å²) in [5.74, 6) is 0.859. The third kappa shape index (κ3) is 6.42. The molecule has 1 amide bonds. The van der Waals surface area contributed by atoms with Gasteiger partial charge in [0.1, 0.15) is 6.54 Å². The molecular weight excluding hydrogens is 476 g/mol. The molecule has 0 bridgehead atoms. The van der Waals surface area contributed by atoms with E-state index in [4.69, 9.17) is 11.6 Å². The molecule has 7 nitrogen and oxygen atoms in total. The lowest BCUT2D eigenvalue weighted by Gasteiger charge is -2.24. The Morgan fingerprint density at radius 2 is 1.90 bits per heavy atom. The first kappa shape index (κ1) is 23.5. The number of thioether (sulfide) groups is 1. The minimum atomic E-state index is -3.99. The Morgan fingerprint density at radius 3 is 2.58 bits per heavy atom. The second kappa shape index (κ2) is 10.4. The van der Waals surface area contributed by atoms with Gasteiger partial charge in [-0.3, -0.25) is 14.4 Å². The second-order valence-corrected chi connectivity index (χ2v) is 11.5. The van der Waals surface area contributed by atoms with Crippen molar-refractivity contribution in [1.82, 2.24) is 10.2 Å². The number of nitrogens with one attached hydrogen (secondary N) is 1. The van der Waals surface area contributed by atoms with Crippen LogP contribution in [0.5, 0.6) is 0 Å². The molecule has 0 saturated carbocycles. The minimum Gasteiger partial charge on any atom is -0.299 e. The van der Waals surface area contributed by atoms with E-state index >= 15 is 0 Å². The first-order chi connectivity index (χ1) is 14.8. The summed E-state index contributed by atoms with van der Waals surface area (Å²) in [6.45, 7) is 3.77. The van der Waals surface area contributed by atoms with Crippen molar-refractivity contribution in [2.75, 3.05) is 21.9 Å². The van der Waals surface area contributed by atoms with Gasteiger partial charge in [0.15, 0.2) is 4.34 Å². The summed E-state index contributed by atoms with van der Waals surface area (Å²) in [6, 6.07) is 14.3. The highest BCUT2D eigenvalue weighted by atomic mass is 35.5. The summed E-state index contributed by atoms with van der Waals surface area (Å²) in [6.07, 6.45) is 0. The summed E-state index contributed by atoms with van der Waals surface area (Å²) >= 11 is 8.88. The SMILES string of the molecule is CC(C)CSc1nnc(NC(=O)CN(c2cccc(Cl)c2)S(=O)(=O)c2ccccc2)s1. The molecule has 0 spiro atoms. The van der Waals surface area contributed by atoms with E-state index in [0.29, 0.717) is 16.1 Å². The zero-order chi connectivity index (χ0) is 22.4. The second-order valence-electron chi connectivity index (χ2n) is 6.93. The molecule has 0 aliphatic rings. The Hall–Kier alpha value is -2.14. The number of amides is 1. The predicted octanol–water partition coefficient (Wildman–Crippen LogP) is 4.77. The van der Waals surface area contributed by atoms with Gasteiger partial charge in [0.2, 0.25) is 11.0 Å². The molecule has 2 aromatic carbocycles. The number of hydrogen-bond donors (Lipinski definition) is 1. The maximum Gasteiger partial charge on any atom is 0.264 e. The Bertz CT molecular complexity index is 1140. The molecule has 0 atom stereocenters. The van der Waals surface area contributed by atoms with E-state index in [2.05, 4.69) is 29.4 Å². The van der Waals surface area contributed by atoms with Gasteiger partial charge < -0.3 is 0 Å². The highest BCUT2D eigenvalue weighted by Gasteiger charge is 2.27. The average molecular weight is 497 g/mol. The van der Waals surface area contributed by atoms with Gasteiger partial charge in [-0.05, 0) is 36.2 Å². The molecule has 1 heterocycles. The van der Waals surface area contributed by atoms with Crippen LogP contribution in [-0.4, -0.2) is 36.8 Å². The van der Waals surface area contributed by atoms with Crippen molar-refractivity contribution in [3.8, 4) is 0 Å². The molecule has 164 valence electrons. The molecule has 11 heteroatoms. The molecular formula is C20H21ClN4O3S3. The van der Waals surface area contributed by atoms with Crippen LogP contribution in [0.2, 0.25) is 5.02 Å². The Kier molecular flexibility index (Phi) is 7.93. The number of hydrogen-bond acceptors (Lipinski definition) is 7. The van der Waals surface area contributed by atoms with Crippen LogP contribution in [0, 0.1) is 5.92 Å². The van der Waals surface area contributed by atoms with E-state index in [-0.39, 0.29) is 10.6 Å². The van der Waals surface area contributed by atoms with Crippen molar-refractivity contribution in [1.29, 1.82) is 0 Å². The fraction of sp³-hybridized carbons (Fsp3) is 0.250. The van der Waals surface area contributed by atoms with Gasteiger partial charge in [0.25, 0.3) is 10.0 Å². The quantitative estimate of drug-likeness (QED) is 0.338. The number of sulfonamides is 1. The van der Waals surface area contributed by atoms with Crippen LogP contribution in [0.1, 0.15) is 13.8 Å². The average Bonchev–Trinajstić information content (AvgIpc) is 3.18. The first-order valence-electron chi connectivity index (χ1n) is 9.35. The lowest BCUT2D eigenvalue weighted by atomic mass is 10.3. The zero-order valence-corrected chi connectivity index (χ0v) is 20.1. The maximum atomic E-state index is 13.3. The van der Waals surface area contributed by atoms with E-state index in [1.54, 1.807) is 48.2 Å². The number of carbonyl (C=O) groups is 1. The molecule has 31 heavy (non-hydrogen) atoms. The van der Waals surface area contributed by atoms with Gasteiger partial charge >= 0.3 is 0 Å². The number of nitrogens with zero attached hydrogens (tertiary/aromatic N) is 3. The molecule has 3 rings (SSSR count). The summed E-state index contributed by atoms with van der Waals surface area (Å²) in [7, 11) is -3.99. The van der Waals surface area contributed by atoms with Crippen molar-refractivity contribution in [3.05, 3.63) is 59.6 Å². The van der Waals surface area contributed by atoms with Crippen molar-refractivity contribution >= 4 is 61.4 Å². The van der Waals surface area contributed by atoms with Gasteiger partial charge in [-0.2, -0.15) is 0 Å². The third-order valence-electron chi connectivity index (χ3n) is 3.91. The van der Waals surface area contributed by atoms with E-state index < -0.39 is 22.5 Å². The van der Waals surface area contributed by atoms with E-state index in [1.165, 1.54) is 29.5 Å². The first-order valence-corrected chi connectivity index (χ1v) is 13.0. The summed E-state index contributed by atoms with van der Waals surface area (Å²) in [5.41, 5.74) is 0.289. The fourth-order valence-corrected chi connectivity index (χ4v) is 5.87. The van der Waals surface area contributed by atoms with Gasteiger partial charge in [-0.25, -0.2) is 8.42 Å². The lowest BCUT2D eigenvalue weighted by Crippen LogP contribution is -2.38. The standard InChI is InChI=1S/C20H21ClN4O3S3/c1-14(2)13-29-20-24-23-19(30-20)22-18(26)12-25(16-8-6-7-15(21)11-16)31(27,28)17-9-4-3-5-10-17/h3-11,14H,12-13H2,1-2H3,(H,22,23,26). The largest absolute Gasteiger partial charge is 0.299 e. The molecule has 0 radical (unpaired) electrons. The van der Waals surface area contributed by atoms with Gasteiger partial charge in [-0.15, -0.1) is 10.2 Å². The molecule has 0 saturated heterocycles. The molecule has 0 unspecified atom stereocenters. The number of aromatic nitrogens is 2. The molecule has 0 aliphatic carbocycles. The predicted molar refractivity (Wildman–Crippen MR) is 127 cm³/mol. The normalized spacial score (nSPS) is 11.5. The smallest absolute Gasteiger partial charge is 0.264 e. The monoisotopic (exact) mass is 496 g/mol. The van der Waals surface area contributed by atoms with Crippen LogP contribution in [0.25, 0.3) is 0 Å². The van der Waals surface area contributed by atoms with Crippen molar-refractivity contribution in [2.45, 2.75) is 23.1 Å². The van der Waals surface area contributed by atoms with E-state index in [0.717, 1.165) is 14.4 Å². The van der Waals surface area contributed by atoms with Crippen molar-refractivity contribution in [2.24, 2.45) is 5.92 Å². The number of halogens is 1.